The first-order chi connectivity index (χ1) is 15.5. The number of esters is 1. The van der Waals surface area contributed by atoms with Gasteiger partial charge in [0.1, 0.15) is 6.61 Å². The molecular weight excluding hydrogens is 432 g/mol. The van der Waals surface area contributed by atoms with E-state index in [1.807, 2.05) is 35.8 Å². The minimum absolute atomic E-state index is 0.157. The molecule has 0 aliphatic rings. The van der Waals surface area contributed by atoms with Crippen molar-refractivity contribution in [3.8, 4) is 11.5 Å². The zero-order chi connectivity index (χ0) is 22.9. The highest BCUT2D eigenvalue weighted by Gasteiger charge is 2.15. The second-order valence-corrected chi connectivity index (χ2v) is 7.43. The van der Waals surface area contributed by atoms with Gasteiger partial charge in [-0.2, -0.15) is 0 Å². The van der Waals surface area contributed by atoms with Crippen molar-refractivity contribution in [2.45, 2.75) is 25.2 Å². The third kappa shape index (κ3) is 5.79. The molecule has 2 aromatic carbocycles. The number of anilines is 1. The molecule has 0 saturated heterocycles. The Kier molecular flexibility index (Phi) is 8.09. The van der Waals surface area contributed by atoms with Crippen LogP contribution < -0.4 is 14.8 Å². The zero-order valence-corrected chi connectivity index (χ0v) is 18.8. The predicted octanol–water partition coefficient (Wildman–Crippen LogP) is 3.40. The van der Waals surface area contributed by atoms with Crippen LogP contribution in [0.15, 0.2) is 53.7 Å². The van der Waals surface area contributed by atoms with Gasteiger partial charge in [0.2, 0.25) is 5.91 Å². The standard InChI is InChI=1S/C22H24N4O5S/c1-4-26-19(13-31-18-8-6-5-7-17(18)29-2)24-25-22(26)32-14-20(27)23-16-11-9-15(10-12-16)21(28)30-3/h5-12H,4,13-14H2,1-3H3,(H,23,27). The number of thioether (sulfide) groups is 1. The smallest absolute Gasteiger partial charge is 0.337 e. The van der Waals surface area contributed by atoms with Crippen LogP contribution in [0, 0.1) is 0 Å². The van der Waals surface area contributed by atoms with Crippen molar-refractivity contribution in [2.75, 3.05) is 25.3 Å². The van der Waals surface area contributed by atoms with E-state index in [0.29, 0.717) is 40.3 Å². The highest BCUT2D eigenvalue weighted by atomic mass is 32.2. The van der Waals surface area contributed by atoms with Gasteiger partial charge in [0, 0.05) is 12.2 Å². The average molecular weight is 457 g/mol. The summed E-state index contributed by atoms with van der Waals surface area (Å²) in [7, 11) is 2.91. The van der Waals surface area contributed by atoms with Gasteiger partial charge in [0.15, 0.2) is 22.5 Å². The van der Waals surface area contributed by atoms with Crippen LogP contribution in [-0.2, 0) is 22.7 Å². The number of hydrogen-bond acceptors (Lipinski definition) is 8. The van der Waals surface area contributed by atoms with Gasteiger partial charge < -0.3 is 24.1 Å². The fourth-order valence-electron chi connectivity index (χ4n) is 2.87. The third-order valence-electron chi connectivity index (χ3n) is 4.46. The molecule has 9 nitrogen and oxygen atoms in total. The van der Waals surface area contributed by atoms with Crippen molar-refractivity contribution in [3.05, 3.63) is 59.9 Å². The average Bonchev–Trinajstić information content (AvgIpc) is 3.23. The van der Waals surface area contributed by atoms with Crippen LogP contribution in [0.1, 0.15) is 23.1 Å². The van der Waals surface area contributed by atoms with Crippen LogP contribution in [0.2, 0.25) is 0 Å². The highest BCUT2D eigenvalue weighted by Crippen LogP contribution is 2.27. The van der Waals surface area contributed by atoms with Gasteiger partial charge in [-0.3, -0.25) is 4.79 Å². The van der Waals surface area contributed by atoms with E-state index in [1.54, 1.807) is 31.4 Å². The fourth-order valence-corrected chi connectivity index (χ4v) is 3.69. The second kappa shape index (κ2) is 11.2. The predicted molar refractivity (Wildman–Crippen MR) is 120 cm³/mol. The maximum Gasteiger partial charge on any atom is 0.337 e. The molecule has 0 aliphatic carbocycles. The van der Waals surface area contributed by atoms with E-state index in [1.165, 1.54) is 18.9 Å². The first kappa shape index (κ1) is 23.1. The van der Waals surface area contributed by atoms with Crippen molar-refractivity contribution < 1.29 is 23.8 Å². The van der Waals surface area contributed by atoms with E-state index in [9.17, 15) is 9.59 Å². The number of amides is 1. The number of ether oxygens (including phenoxy) is 3. The molecule has 10 heteroatoms. The van der Waals surface area contributed by atoms with E-state index in [-0.39, 0.29) is 18.3 Å². The highest BCUT2D eigenvalue weighted by molar-refractivity contribution is 7.99. The fraction of sp³-hybridized carbons (Fsp3) is 0.273. The first-order valence-electron chi connectivity index (χ1n) is 9.84. The molecule has 1 amide bonds. The van der Waals surface area contributed by atoms with E-state index in [4.69, 9.17) is 9.47 Å². The molecule has 0 saturated carbocycles. The Balaban J connectivity index is 1.56. The van der Waals surface area contributed by atoms with Crippen molar-refractivity contribution in [2.24, 2.45) is 0 Å². The first-order valence-corrected chi connectivity index (χ1v) is 10.8. The second-order valence-electron chi connectivity index (χ2n) is 6.49. The number of carbonyl (C=O) groups excluding carboxylic acids is 2. The van der Waals surface area contributed by atoms with Crippen molar-refractivity contribution in [1.82, 2.24) is 14.8 Å². The molecule has 0 radical (unpaired) electrons. The Labute approximate surface area is 190 Å². The lowest BCUT2D eigenvalue weighted by molar-refractivity contribution is -0.113. The maximum atomic E-state index is 12.3. The Bertz CT molecular complexity index is 1070. The monoisotopic (exact) mass is 456 g/mol. The molecule has 3 rings (SSSR count). The SMILES string of the molecule is CCn1c(COc2ccccc2OC)nnc1SCC(=O)Nc1ccc(C(=O)OC)cc1. The summed E-state index contributed by atoms with van der Waals surface area (Å²) < 4.78 is 17.7. The van der Waals surface area contributed by atoms with E-state index in [0.717, 1.165) is 0 Å². The number of aromatic nitrogens is 3. The molecular formula is C22H24N4O5S. The molecule has 0 aliphatic heterocycles. The van der Waals surface area contributed by atoms with Gasteiger partial charge in [0.25, 0.3) is 0 Å². The minimum atomic E-state index is -0.428. The number of hydrogen-bond donors (Lipinski definition) is 1. The lowest BCUT2D eigenvalue weighted by atomic mass is 10.2. The lowest BCUT2D eigenvalue weighted by Crippen LogP contribution is -2.15. The van der Waals surface area contributed by atoms with E-state index >= 15 is 0 Å². The molecule has 3 aromatic rings. The summed E-state index contributed by atoms with van der Waals surface area (Å²) in [6.07, 6.45) is 0. The number of methoxy groups -OCH3 is 2. The zero-order valence-electron chi connectivity index (χ0n) is 18.0. The van der Waals surface area contributed by atoms with E-state index < -0.39 is 5.97 Å². The number of nitrogens with zero attached hydrogens (tertiary/aromatic N) is 3. The number of benzene rings is 2. The van der Waals surface area contributed by atoms with Crippen molar-refractivity contribution >= 4 is 29.3 Å². The summed E-state index contributed by atoms with van der Waals surface area (Å²) in [5, 5.41) is 11.8. The van der Waals surface area contributed by atoms with Gasteiger partial charge >= 0.3 is 5.97 Å². The molecule has 0 fully saturated rings. The van der Waals surface area contributed by atoms with Gasteiger partial charge in [0.05, 0.1) is 25.5 Å². The Morgan fingerprint density at radius 3 is 2.41 bits per heavy atom. The summed E-state index contributed by atoms with van der Waals surface area (Å²) in [5.74, 6) is 1.44. The normalized spacial score (nSPS) is 10.5. The number of carbonyl (C=O) groups is 2. The molecule has 32 heavy (non-hydrogen) atoms. The van der Waals surface area contributed by atoms with Crippen LogP contribution in [-0.4, -0.2) is 46.6 Å². The molecule has 1 heterocycles. The maximum absolute atomic E-state index is 12.3. The summed E-state index contributed by atoms with van der Waals surface area (Å²) in [6, 6.07) is 13.9. The lowest BCUT2D eigenvalue weighted by Gasteiger charge is -2.11. The number of rotatable bonds is 10. The molecule has 0 bridgehead atoms. The quantitative estimate of drug-likeness (QED) is 0.366. The van der Waals surface area contributed by atoms with Crippen LogP contribution in [0.5, 0.6) is 11.5 Å². The van der Waals surface area contributed by atoms with Crippen LogP contribution in [0.4, 0.5) is 5.69 Å². The molecule has 1 N–H and O–H groups in total. The Morgan fingerprint density at radius 2 is 1.75 bits per heavy atom. The third-order valence-corrected chi connectivity index (χ3v) is 5.42. The topological polar surface area (TPSA) is 105 Å². The largest absolute Gasteiger partial charge is 0.493 e. The van der Waals surface area contributed by atoms with Crippen molar-refractivity contribution in [3.63, 3.8) is 0 Å². The summed E-state index contributed by atoms with van der Waals surface area (Å²) in [4.78, 5) is 23.8. The van der Waals surface area contributed by atoms with E-state index in [2.05, 4.69) is 20.3 Å². The summed E-state index contributed by atoms with van der Waals surface area (Å²) >= 11 is 1.28. The Hall–Kier alpha value is -3.53. The van der Waals surface area contributed by atoms with Gasteiger partial charge in [-0.15, -0.1) is 10.2 Å². The summed E-state index contributed by atoms with van der Waals surface area (Å²) in [5.41, 5.74) is 1.00. The van der Waals surface area contributed by atoms with Crippen LogP contribution >= 0.6 is 11.8 Å². The molecule has 1 aromatic heterocycles. The Morgan fingerprint density at radius 1 is 1.03 bits per heavy atom. The minimum Gasteiger partial charge on any atom is -0.493 e. The molecule has 0 atom stereocenters. The number of nitrogens with one attached hydrogen (secondary N) is 1. The van der Waals surface area contributed by atoms with Crippen LogP contribution in [0.25, 0.3) is 0 Å². The molecule has 0 spiro atoms. The van der Waals surface area contributed by atoms with Gasteiger partial charge in [-0.05, 0) is 43.3 Å². The number of para-hydroxylation sites is 2. The van der Waals surface area contributed by atoms with Crippen LogP contribution in [0.3, 0.4) is 0 Å². The van der Waals surface area contributed by atoms with Gasteiger partial charge in [-0.25, -0.2) is 4.79 Å². The van der Waals surface area contributed by atoms with Crippen molar-refractivity contribution in [1.29, 1.82) is 0 Å². The van der Waals surface area contributed by atoms with Gasteiger partial charge in [-0.1, -0.05) is 23.9 Å². The molecule has 0 unspecified atom stereocenters. The summed E-state index contributed by atoms with van der Waals surface area (Å²) in [6.45, 7) is 2.83. The molecule has 168 valence electrons.